The number of carbonyl (C=O) groups is 1. The van der Waals surface area contributed by atoms with Crippen LogP contribution in [0.25, 0.3) is 0 Å². The highest BCUT2D eigenvalue weighted by Gasteiger charge is 2.15. The molecule has 2 rings (SSSR count). The molecular formula is C16H24N4O2S. The first-order valence-electron chi connectivity index (χ1n) is 7.66. The van der Waals surface area contributed by atoms with E-state index in [1.807, 2.05) is 17.6 Å². The summed E-state index contributed by atoms with van der Waals surface area (Å²) >= 11 is 1.63. The average Bonchev–Trinajstić information content (AvgIpc) is 3.20. The summed E-state index contributed by atoms with van der Waals surface area (Å²) in [5.74, 6) is 0.857. The standard InChI is InChI=1S/C16H24N4O2S/c1-13(2)20-6-5-17-15(20)10-18-16(21)19(7-8-22-3)11-14-4-9-23-12-14/h4-6,9,12-13H,7-8,10-11H2,1-3H3,(H,18,21). The molecule has 0 aromatic carbocycles. The van der Waals surface area contributed by atoms with Crippen molar-refractivity contribution in [2.24, 2.45) is 0 Å². The van der Waals surface area contributed by atoms with E-state index in [0.717, 1.165) is 11.4 Å². The van der Waals surface area contributed by atoms with E-state index in [1.165, 1.54) is 0 Å². The number of thiophene rings is 1. The quantitative estimate of drug-likeness (QED) is 0.806. The largest absolute Gasteiger partial charge is 0.383 e. The summed E-state index contributed by atoms with van der Waals surface area (Å²) in [6.07, 6.45) is 3.69. The van der Waals surface area contributed by atoms with Crippen LogP contribution in [0.4, 0.5) is 4.79 Å². The molecular weight excluding hydrogens is 312 g/mol. The number of ether oxygens (including phenoxy) is 1. The van der Waals surface area contributed by atoms with Gasteiger partial charge in [-0.3, -0.25) is 0 Å². The number of hydrogen-bond donors (Lipinski definition) is 1. The van der Waals surface area contributed by atoms with Crippen LogP contribution in [0.5, 0.6) is 0 Å². The number of rotatable bonds is 8. The third-order valence-corrected chi connectivity index (χ3v) is 4.24. The molecule has 1 N–H and O–H groups in total. The van der Waals surface area contributed by atoms with Gasteiger partial charge in [0.25, 0.3) is 0 Å². The first kappa shape index (κ1) is 17.5. The summed E-state index contributed by atoms with van der Waals surface area (Å²) in [7, 11) is 1.64. The number of hydrogen-bond acceptors (Lipinski definition) is 4. The highest BCUT2D eigenvalue weighted by molar-refractivity contribution is 7.07. The number of carbonyl (C=O) groups excluding carboxylic acids is 1. The molecule has 0 unspecified atom stereocenters. The molecule has 6 nitrogen and oxygen atoms in total. The van der Waals surface area contributed by atoms with Crippen molar-refractivity contribution in [2.75, 3.05) is 20.3 Å². The highest BCUT2D eigenvalue weighted by Crippen LogP contribution is 2.11. The topological polar surface area (TPSA) is 59.4 Å². The Bertz CT molecular complexity index is 595. The molecule has 0 saturated carbocycles. The molecule has 0 aliphatic carbocycles. The normalized spacial score (nSPS) is 11.0. The summed E-state index contributed by atoms with van der Waals surface area (Å²) in [6.45, 7) is 6.24. The maximum absolute atomic E-state index is 12.5. The van der Waals surface area contributed by atoms with E-state index in [9.17, 15) is 4.79 Å². The van der Waals surface area contributed by atoms with E-state index < -0.39 is 0 Å². The van der Waals surface area contributed by atoms with Crippen molar-refractivity contribution in [1.82, 2.24) is 19.8 Å². The summed E-state index contributed by atoms with van der Waals surface area (Å²) in [6, 6.07) is 2.25. The van der Waals surface area contributed by atoms with Crippen molar-refractivity contribution in [3.8, 4) is 0 Å². The molecule has 2 amide bonds. The number of nitrogens with zero attached hydrogens (tertiary/aromatic N) is 3. The van der Waals surface area contributed by atoms with Crippen LogP contribution >= 0.6 is 11.3 Å². The van der Waals surface area contributed by atoms with Crippen LogP contribution in [0.15, 0.2) is 29.2 Å². The molecule has 0 bridgehead atoms. The van der Waals surface area contributed by atoms with Gasteiger partial charge in [-0.1, -0.05) is 0 Å². The molecule has 0 atom stereocenters. The van der Waals surface area contributed by atoms with Gasteiger partial charge in [0.1, 0.15) is 5.82 Å². The maximum Gasteiger partial charge on any atom is 0.318 e. The molecule has 2 aromatic heterocycles. The van der Waals surface area contributed by atoms with E-state index in [2.05, 4.69) is 34.1 Å². The van der Waals surface area contributed by atoms with Gasteiger partial charge in [0.15, 0.2) is 0 Å². The van der Waals surface area contributed by atoms with Crippen LogP contribution in [0.1, 0.15) is 31.3 Å². The van der Waals surface area contributed by atoms with Crippen molar-refractivity contribution in [1.29, 1.82) is 0 Å². The monoisotopic (exact) mass is 336 g/mol. The van der Waals surface area contributed by atoms with Crippen molar-refractivity contribution in [3.05, 3.63) is 40.6 Å². The molecule has 0 fully saturated rings. The van der Waals surface area contributed by atoms with Crippen LogP contribution in [0, 0.1) is 0 Å². The molecule has 0 aliphatic heterocycles. The molecule has 23 heavy (non-hydrogen) atoms. The van der Waals surface area contributed by atoms with Crippen LogP contribution in [-0.4, -0.2) is 40.7 Å². The number of nitrogens with one attached hydrogen (secondary N) is 1. The zero-order chi connectivity index (χ0) is 16.7. The zero-order valence-electron chi connectivity index (χ0n) is 13.9. The molecule has 0 spiro atoms. The van der Waals surface area contributed by atoms with Crippen LogP contribution < -0.4 is 5.32 Å². The first-order valence-corrected chi connectivity index (χ1v) is 8.60. The summed E-state index contributed by atoms with van der Waals surface area (Å²) in [5, 5.41) is 7.02. The Balaban J connectivity index is 1.95. The van der Waals surface area contributed by atoms with Gasteiger partial charge < -0.3 is 19.5 Å². The van der Waals surface area contributed by atoms with Crippen LogP contribution in [0.2, 0.25) is 0 Å². The molecule has 126 valence electrons. The Hall–Kier alpha value is -1.86. The number of amides is 2. The van der Waals surface area contributed by atoms with Gasteiger partial charge in [0.05, 0.1) is 13.2 Å². The van der Waals surface area contributed by atoms with Gasteiger partial charge in [-0.15, -0.1) is 0 Å². The second-order valence-corrected chi connectivity index (χ2v) is 6.33. The first-order chi connectivity index (χ1) is 11.1. The van der Waals surface area contributed by atoms with Gasteiger partial charge >= 0.3 is 6.03 Å². The summed E-state index contributed by atoms with van der Waals surface area (Å²) in [4.78, 5) is 18.5. The van der Waals surface area contributed by atoms with Crippen LogP contribution in [0.3, 0.4) is 0 Å². The number of methoxy groups -OCH3 is 1. The third kappa shape index (κ3) is 5.07. The molecule has 0 radical (unpaired) electrons. The lowest BCUT2D eigenvalue weighted by atomic mass is 10.3. The molecule has 7 heteroatoms. The number of aromatic nitrogens is 2. The van der Waals surface area contributed by atoms with Crippen LogP contribution in [-0.2, 0) is 17.8 Å². The van der Waals surface area contributed by atoms with Gasteiger partial charge in [-0.25, -0.2) is 9.78 Å². The Kier molecular flexibility index (Phi) is 6.61. The fourth-order valence-electron chi connectivity index (χ4n) is 2.27. The predicted molar refractivity (Wildman–Crippen MR) is 91.5 cm³/mol. The smallest absolute Gasteiger partial charge is 0.318 e. The number of imidazole rings is 1. The molecule has 0 aliphatic rings. The van der Waals surface area contributed by atoms with Gasteiger partial charge in [0.2, 0.25) is 0 Å². The highest BCUT2D eigenvalue weighted by atomic mass is 32.1. The molecule has 2 heterocycles. The second-order valence-electron chi connectivity index (χ2n) is 5.55. The average molecular weight is 336 g/mol. The Morgan fingerprint density at radius 2 is 2.35 bits per heavy atom. The van der Waals surface area contributed by atoms with Crippen molar-refractivity contribution in [3.63, 3.8) is 0 Å². The maximum atomic E-state index is 12.5. The summed E-state index contributed by atoms with van der Waals surface area (Å²) in [5.41, 5.74) is 1.13. The molecule has 0 saturated heterocycles. The SMILES string of the molecule is COCCN(Cc1ccsc1)C(=O)NCc1nccn1C(C)C. The second kappa shape index (κ2) is 8.69. The Morgan fingerprint density at radius 3 is 3.00 bits per heavy atom. The Labute approximate surface area is 141 Å². The lowest BCUT2D eigenvalue weighted by Crippen LogP contribution is -2.41. The van der Waals surface area contributed by atoms with E-state index in [-0.39, 0.29) is 6.03 Å². The van der Waals surface area contributed by atoms with Crippen molar-refractivity contribution in [2.45, 2.75) is 33.0 Å². The molecule has 2 aromatic rings. The van der Waals surface area contributed by atoms with E-state index in [0.29, 0.717) is 32.3 Å². The minimum atomic E-state index is -0.105. The zero-order valence-corrected chi connectivity index (χ0v) is 14.7. The van der Waals surface area contributed by atoms with E-state index in [1.54, 1.807) is 29.5 Å². The number of urea groups is 1. The van der Waals surface area contributed by atoms with Gasteiger partial charge in [0, 0.05) is 38.6 Å². The third-order valence-electron chi connectivity index (χ3n) is 3.51. The van der Waals surface area contributed by atoms with Gasteiger partial charge in [-0.05, 0) is 36.2 Å². The van der Waals surface area contributed by atoms with E-state index >= 15 is 0 Å². The minimum Gasteiger partial charge on any atom is -0.383 e. The fourth-order valence-corrected chi connectivity index (χ4v) is 2.93. The Morgan fingerprint density at radius 1 is 1.52 bits per heavy atom. The van der Waals surface area contributed by atoms with Crippen molar-refractivity contribution >= 4 is 17.4 Å². The lowest BCUT2D eigenvalue weighted by molar-refractivity contribution is 0.146. The van der Waals surface area contributed by atoms with Gasteiger partial charge in [-0.2, -0.15) is 11.3 Å². The minimum absolute atomic E-state index is 0.105. The van der Waals surface area contributed by atoms with Crippen molar-refractivity contribution < 1.29 is 9.53 Å². The fraction of sp³-hybridized carbons (Fsp3) is 0.500. The predicted octanol–water partition coefficient (Wildman–Crippen LogP) is 2.88. The van der Waals surface area contributed by atoms with E-state index in [4.69, 9.17) is 4.74 Å². The summed E-state index contributed by atoms with van der Waals surface area (Å²) < 4.78 is 7.16. The lowest BCUT2D eigenvalue weighted by Gasteiger charge is -2.22.